The fourth-order valence-electron chi connectivity index (χ4n) is 3.84. The number of rotatable bonds is 3. The van der Waals surface area contributed by atoms with Gasteiger partial charge in [-0.2, -0.15) is 13.2 Å². The maximum absolute atomic E-state index is 12.8. The van der Waals surface area contributed by atoms with Gasteiger partial charge in [-0.25, -0.2) is 4.79 Å². The van der Waals surface area contributed by atoms with E-state index in [0.717, 1.165) is 37.9 Å². The van der Waals surface area contributed by atoms with Gasteiger partial charge in [0.1, 0.15) is 0 Å². The van der Waals surface area contributed by atoms with Gasteiger partial charge in [0.25, 0.3) is 0 Å². The molecule has 3 amide bonds. The van der Waals surface area contributed by atoms with Crippen LogP contribution in [-0.2, 0) is 11.0 Å². The second-order valence-electron chi connectivity index (χ2n) is 7.70. The minimum absolute atomic E-state index is 0.113. The molecule has 1 N–H and O–H groups in total. The molecule has 29 heavy (non-hydrogen) atoms. The largest absolute Gasteiger partial charge is 0.416 e. The number of benzene rings is 1. The molecule has 0 unspecified atom stereocenters. The summed E-state index contributed by atoms with van der Waals surface area (Å²) in [6, 6.07) is 4.43. The number of amides is 3. The Morgan fingerprint density at radius 1 is 1.10 bits per heavy atom. The van der Waals surface area contributed by atoms with E-state index in [1.807, 2.05) is 9.80 Å². The summed E-state index contributed by atoms with van der Waals surface area (Å²) in [5, 5.41) is 2.53. The lowest BCUT2D eigenvalue weighted by Crippen LogP contribution is -2.53. The number of halogens is 3. The van der Waals surface area contributed by atoms with Crippen LogP contribution in [0.4, 0.5) is 23.7 Å². The van der Waals surface area contributed by atoms with Crippen LogP contribution in [0.25, 0.3) is 0 Å². The van der Waals surface area contributed by atoms with E-state index in [9.17, 15) is 22.8 Å². The first kappa shape index (κ1) is 21.4. The summed E-state index contributed by atoms with van der Waals surface area (Å²) < 4.78 is 38.4. The number of piperazine rings is 1. The molecular weight excluding hydrogens is 385 g/mol. The van der Waals surface area contributed by atoms with Crippen molar-refractivity contribution in [1.29, 1.82) is 0 Å². The first-order valence-corrected chi connectivity index (χ1v) is 9.99. The quantitative estimate of drug-likeness (QED) is 0.829. The Morgan fingerprint density at radius 2 is 1.83 bits per heavy atom. The topological polar surface area (TPSA) is 55.9 Å². The third kappa shape index (κ3) is 5.62. The number of nitrogens with zero attached hydrogens (tertiary/aromatic N) is 3. The highest BCUT2D eigenvalue weighted by atomic mass is 19.4. The van der Waals surface area contributed by atoms with Crippen molar-refractivity contribution in [1.82, 2.24) is 14.7 Å². The number of anilines is 1. The number of nitrogens with one attached hydrogen (secondary N) is 1. The standard InChI is InChI=1S/C20H27F3N4O2/c1-15-5-2-3-8-27(15)18(28)14-25-9-11-26(12-10-25)19(29)24-17-7-4-6-16(13-17)20(21,22)23/h4,6-7,13,15H,2-3,5,8-12,14H2,1H3,(H,24,29)/t15-/m0/s1. The molecule has 0 aromatic heterocycles. The van der Waals surface area contributed by atoms with Crippen LogP contribution in [0.15, 0.2) is 24.3 Å². The number of carbonyl (C=O) groups excluding carboxylic acids is 2. The summed E-state index contributed by atoms with van der Waals surface area (Å²) >= 11 is 0. The van der Waals surface area contributed by atoms with Crippen molar-refractivity contribution in [3.05, 3.63) is 29.8 Å². The summed E-state index contributed by atoms with van der Waals surface area (Å²) in [6.07, 6.45) is -1.22. The van der Waals surface area contributed by atoms with Crippen LogP contribution in [0, 0.1) is 0 Å². The number of carbonyl (C=O) groups is 2. The van der Waals surface area contributed by atoms with Crippen molar-refractivity contribution in [3.8, 4) is 0 Å². The molecule has 160 valence electrons. The predicted molar refractivity (Wildman–Crippen MR) is 104 cm³/mol. The third-order valence-corrected chi connectivity index (χ3v) is 5.58. The minimum atomic E-state index is -4.45. The van der Waals surface area contributed by atoms with Crippen LogP contribution in [-0.4, -0.2) is 71.9 Å². The monoisotopic (exact) mass is 412 g/mol. The minimum Gasteiger partial charge on any atom is -0.339 e. The lowest BCUT2D eigenvalue weighted by atomic mass is 10.0. The molecule has 0 bridgehead atoms. The van der Waals surface area contributed by atoms with Crippen LogP contribution in [0.5, 0.6) is 0 Å². The zero-order valence-corrected chi connectivity index (χ0v) is 16.5. The normalized spacial score (nSPS) is 21.2. The average molecular weight is 412 g/mol. The molecule has 2 heterocycles. The van der Waals surface area contributed by atoms with Gasteiger partial charge in [0, 0.05) is 44.5 Å². The van der Waals surface area contributed by atoms with Gasteiger partial charge in [0.15, 0.2) is 0 Å². The van der Waals surface area contributed by atoms with E-state index in [1.165, 1.54) is 12.1 Å². The molecule has 2 aliphatic heterocycles. The number of urea groups is 1. The fraction of sp³-hybridized carbons (Fsp3) is 0.600. The SMILES string of the molecule is C[C@H]1CCCCN1C(=O)CN1CCN(C(=O)Nc2cccc(C(F)(F)F)c2)CC1. The first-order valence-electron chi connectivity index (χ1n) is 9.99. The summed E-state index contributed by atoms with van der Waals surface area (Å²) in [7, 11) is 0. The van der Waals surface area contributed by atoms with Gasteiger partial charge in [-0.3, -0.25) is 9.69 Å². The summed E-state index contributed by atoms with van der Waals surface area (Å²) in [6.45, 7) is 5.19. The zero-order chi connectivity index (χ0) is 21.0. The summed E-state index contributed by atoms with van der Waals surface area (Å²) in [5.74, 6) is 0.124. The van der Waals surface area contributed by atoms with Crippen molar-refractivity contribution in [2.75, 3.05) is 44.6 Å². The molecule has 0 saturated carbocycles. The molecule has 9 heteroatoms. The Kier molecular flexibility index (Phi) is 6.66. The van der Waals surface area contributed by atoms with Crippen molar-refractivity contribution in [2.45, 2.75) is 38.4 Å². The first-order chi connectivity index (χ1) is 13.7. The van der Waals surface area contributed by atoms with Gasteiger partial charge in [-0.15, -0.1) is 0 Å². The average Bonchev–Trinajstić information content (AvgIpc) is 2.68. The predicted octanol–water partition coefficient (Wildman–Crippen LogP) is 3.26. The van der Waals surface area contributed by atoms with Gasteiger partial charge in [0.05, 0.1) is 12.1 Å². The molecule has 0 radical (unpaired) electrons. The molecule has 0 aliphatic carbocycles. The van der Waals surface area contributed by atoms with Crippen LogP contribution < -0.4 is 5.32 Å². The Bertz CT molecular complexity index is 733. The molecule has 2 aliphatic rings. The molecule has 1 aromatic rings. The number of hydrogen-bond acceptors (Lipinski definition) is 3. The van der Waals surface area contributed by atoms with Crippen molar-refractivity contribution < 1.29 is 22.8 Å². The second kappa shape index (κ2) is 9.02. The smallest absolute Gasteiger partial charge is 0.339 e. The molecule has 2 fully saturated rings. The maximum atomic E-state index is 12.8. The zero-order valence-electron chi connectivity index (χ0n) is 16.5. The molecule has 3 rings (SSSR count). The van der Waals surface area contributed by atoms with E-state index in [0.29, 0.717) is 32.7 Å². The fourth-order valence-corrected chi connectivity index (χ4v) is 3.84. The van der Waals surface area contributed by atoms with Gasteiger partial charge < -0.3 is 15.1 Å². The van der Waals surface area contributed by atoms with Crippen molar-refractivity contribution >= 4 is 17.6 Å². The van der Waals surface area contributed by atoms with E-state index in [1.54, 1.807) is 4.90 Å². The third-order valence-electron chi connectivity index (χ3n) is 5.58. The lowest BCUT2D eigenvalue weighted by molar-refractivity contribution is -0.137. The van der Waals surface area contributed by atoms with Gasteiger partial charge in [0.2, 0.25) is 5.91 Å². The van der Waals surface area contributed by atoms with Crippen molar-refractivity contribution in [2.24, 2.45) is 0 Å². The number of alkyl halides is 3. The summed E-state index contributed by atoms with van der Waals surface area (Å²) in [5.41, 5.74) is -0.688. The molecule has 2 saturated heterocycles. The molecule has 0 spiro atoms. The van der Waals surface area contributed by atoms with E-state index in [2.05, 4.69) is 12.2 Å². The van der Waals surface area contributed by atoms with Crippen LogP contribution in [0.1, 0.15) is 31.7 Å². The number of likely N-dealkylation sites (tertiary alicyclic amines) is 1. The molecular formula is C20H27F3N4O2. The summed E-state index contributed by atoms with van der Waals surface area (Å²) in [4.78, 5) is 30.5. The highest BCUT2D eigenvalue weighted by Gasteiger charge is 2.31. The van der Waals surface area contributed by atoms with Crippen LogP contribution in [0.3, 0.4) is 0 Å². The Hall–Kier alpha value is -2.29. The highest BCUT2D eigenvalue weighted by molar-refractivity contribution is 5.89. The van der Waals surface area contributed by atoms with Crippen molar-refractivity contribution in [3.63, 3.8) is 0 Å². The van der Waals surface area contributed by atoms with E-state index < -0.39 is 17.8 Å². The van der Waals surface area contributed by atoms with E-state index >= 15 is 0 Å². The van der Waals surface area contributed by atoms with Crippen LogP contribution in [0.2, 0.25) is 0 Å². The Morgan fingerprint density at radius 3 is 2.48 bits per heavy atom. The van der Waals surface area contributed by atoms with E-state index in [4.69, 9.17) is 0 Å². The highest BCUT2D eigenvalue weighted by Crippen LogP contribution is 2.30. The number of piperidine rings is 1. The second-order valence-corrected chi connectivity index (χ2v) is 7.70. The molecule has 6 nitrogen and oxygen atoms in total. The maximum Gasteiger partial charge on any atom is 0.416 e. The van der Waals surface area contributed by atoms with Gasteiger partial charge >= 0.3 is 12.2 Å². The van der Waals surface area contributed by atoms with Crippen LogP contribution >= 0.6 is 0 Å². The Balaban J connectivity index is 1.48. The number of hydrogen-bond donors (Lipinski definition) is 1. The molecule has 1 atom stereocenters. The lowest BCUT2D eigenvalue weighted by Gasteiger charge is -2.38. The van der Waals surface area contributed by atoms with Gasteiger partial charge in [-0.1, -0.05) is 6.07 Å². The Labute approximate surface area is 168 Å². The molecule has 1 aromatic carbocycles. The van der Waals surface area contributed by atoms with Gasteiger partial charge in [-0.05, 0) is 44.4 Å². The van der Waals surface area contributed by atoms with E-state index in [-0.39, 0.29) is 17.6 Å².